The number of aliphatic hydroxyl groups is 1. The number of primary sulfonamides is 2. The monoisotopic (exact) mass is 586 g/mol. The van der Waals surface area contributed by atoms with Crippen LogP contribution in [0.3, 0.4) is 0 Å². The minimum Gasteiger partial charge on any atom is -0.510 e. The number of aromatic nitrogens is 4. The lowest BCUT2D eigenvalue weighted by atomic mass is 9.75. The summed E-state index contributed by atoms with van der Waals surface area (Å²) in [5.41, 5.74) is -0.638. The fraction of sp³-hybridized carbons (Fsp3) is 0.125. The van der Waals surface area contributed by atoms with E-state index in [0.717, 1.165) is 9.36 Å². The first-order chi connectivity index (χ1) is 18.6. The van der Waals surface area contributed by atoms with E-state index in [1.165, 1.54) is 62.4 Å². The van der Waals surface area contributed by atoms with E-state index in [0.29, 0.717) is 0 Å². The molecule has 0 saturated heterocycles. The van der Waals surface area contributed by atoms with Gasteiger partial charge in [-0.25, -0.2) is 36.5 Å². The summed E-state index contributed by atoms with van der Waals surface area (Å²) in [4.78, 5) is 39.4. The van der Waals surface area contributed by atoms with E-state index in [2.05, 4.69) is 10.2 Å². The van der Waals surface area contributed by atoms with Gasteiger partial charge in [0.05, 0.1) is 37.9 Å². The van der Waals surface area contributed by atoms with Gasteiger partial charge in [-0.3, -0.25) is 24.6 Å². The average molecular weight is 587 g/mol. The second kappa shape index (κ2) is 9.02. The number of aryl methyl sites for hydroxylation is 2. The first-order valence-corrected chi connectivity index (χ1v) is 14.6. The maximum atomic E-state index is 13.3. The van der Waals surface area contributed by atoms with Gasteiger partial charge in [0, 0.05) is 11.4 Å². The van der Waals surface area contributed by atoms with Gasteiger partial charge in [-0.15, -0.1) is 0 Å². The normalized spacial score (nSPS) is 15.9. The molecule has 4 aromatic rings. The summed E-state index contributed by atoms with van der Waals surface area (Å²) in [6.07, 6.45) is 0. The molecule has 2 heterocycles. The molecule has 5 rings (SSSR count). The molecule has 1 aliphatic rings. The third kappa shape index (κ3) is 4.22. The molecule has 0 aliphatic heterocycles. The van der Waals surface area contributed by atoms with Crippen LogP contribution >= 0.6 is 0 Å². The van der Waals surface area contributed by atoms with Gasteiger partial charge in [0.2, 0.25) is 20.0 Å². The van der Waals surface area contributed by atoms with Crippen LogP contribution in [0.15, 0.2) is 73.7 Å². The zero-order valence-electron chi connectivity index (χ0n) is 20.9. The molecular formula is C24H22N6O8S2. The van der Waals surface area contributed by atoms with Crippen molar-refractivity contribution in [1.29, 1.82) is 0 Å². The van der Waals surface area contributed by atoms with Gasteiger partial charge in [-0.2, -0.15) is 0 Å². The van der Waals surface area contributed by atoms with Gasteiger partial charge >= 0.3 is 0 Å². The van der Waals surface area contributed by atoms with E-state index in [1.807, 2.05) is 0 Å². The number of nitrogens with one attached hydrogen (secondary N) is 2. The molecule has 0 amide bonds. The standard InChI is InChI=1S/C24H22N6O8S2/c1-11-17(23(33)29(27-11)13-3-7-15(8-4-13)39(25,35)36)19-21(31)20(22(19)32)18-12(2)28-30(24(18)34)14-5-9-16(10-6-14)40(26,37)38/h3-10,19,27-28,31H,1-2H3,(H2,25,35,36)(H2,26,37,38). The molecule has 1 unspecified atom stereocenters. The number of rotatable bonds is 6. The molecule has 0 saturated carbocycles. The minimum absolute atomic E-state index is 0.0335. The van der Waals surface area contributed by atoms with Crippen LogP contribution in [-0.4, -0.2) is 47.3 Å². The highest BCUT2D eigenvalue weighted by atomic mass is 32.2. The lowest BCUT2D eigenvalue weighted by molar-refractivity contribution is -0.116. The van der Waals surface area contributed by atoms with Crippen LogP contribution in [0.25, 0.3) is 16.9 Å². The Kier molecular flexibility index (Phi) is 6.10. The summed E-state index contributed by atoms with van der Waals surface area (Å²) in [5.74, 6) is -2.43. The second-order valence-electron chi connectivity index (χ2n) is 9.18. The predicted octanol–water partition coefficient (Wildman–Crippen LogP) is 0.192. The van der Waals surface area contributed by atoms with Crippen molar-refractivity contribution < 1.29 is 26.7 Å². The molecule has 16 heteroatoms. The molecule has 0 radical (unpaired) electrons. The predicted molar refractivity (Wildman–Crippen MR) is 142 cm³/mol. The van der Waals surface area contributed by atoms with Gasteiger partial charge in [0.25, 0.3) is 11.1 Å². The number of Topliss-reactive ketones (excluding diaryl/α,β-unsaturated/α-hetero) is 1. The van der Waals surface area contributed by atoms with Crippen LogP contribution < -0.4 is 21.4 Å². The molecule has 208 valence electrons. The number of sulfonamides is 2. The molecule has 2 aromatic carbocycles. The lowest BCUT2D eigenvalue weighted by Crippen LogP contribution is -2.35. The number of aromatic amines is 2. The molecule has 0 fully saturated rings. The summed E-state index contributed by atoms with van der Waals surface area (Å²) >= 11 is 0. The summed E-state index contributed by atoms with van der Waals surface area (Å²) in [6, 6.07) is 10.3. The van der Waals surface area contributed by atoms with Gasteiger partial charge in [-0.05, 0) is 62.4 Å². The van der Waals surface area contributed by atoms with Crippen molar-refractivity contribution in [3.8, 4) is 11.4 Å². The first kappa shape index (κ1) is 27.1. The van der Waals surface area contributed by atoms with Gasteiger partial charge in [0.15, 0.2) is 5.78 Å². The van der Waals surface area contributed by atoms with Crippen LogP contribution in [0.2, 0.25) is 0 Å². The van der Waals surface area contributed by atoms with Gasteiger partial charge < -0.3 is 5.11 Å². The van der Waals surface area contributed by atoms with Crippen LogP contribution in [0.4, 0.5) is 0 Å². The van der Waals surface area contributed by atoms with E-state index in [1.54, 1.807) is 0 Å². The molecule has 14 nitrogen and oxygen atoms in total. The second-order valence-corrected chi connectivity index (χ2v) is 12.3. The van der Waals surface area contributed by atoms with Crippen LogP contribution in [0, 0.1) is 13.8 Å². The highest BCUT2D eigenvalue weighted by Gasteiger charge is 2.46. The summed E-state index contributed by atoms with van der Waals surface area (Å²) in [6.45, 7) is 3.05. The molecule has 1 atom stereocenters. The number of H-pyrrole nitrogens is 2. The average Bonchev–Trinajstić information content (AvgIpc) is 3.33. The number of hydrogen-bond donors (Lipinski definition) is 5. The Morgan fingerprint density at radius 3 is 1.57 bits per heavy atom. The lowest BCUT2D eigenvalue weighted by Gasteiger charge is -2.26. The molecule has 7 N–H and O–H groups in total. The van der Waals surface area contributed by atoms with E-state index in [4.69, 9.17) is 10.3 Å². The van der Waals surface area contributed by atoms with E-state index in [9.17, 15) is 36.3 Å². The van der Waals surface area contributed by atoms with Gasteiger partial charge in [-0.1, -0.05) is 0 Å². The number of ketones is 1. The zero-order chi connectivity index (χ0) is 29.3. The number of nitrogens with zero attached hydrogens (tertiary/aromatic N) is 2. The number of carbonyl (C=O) groups is 1. The number of aliphatic hydroxyl groups excluding tert-OH is 1. The SMILES string of the molecule is Cc1[nH]n(-c2ccc(S(N)(=O)=O)cc2)c(=O)c1C1=C(O)C(c2c(C)[nH]n(-c3ccc(S(N)(=O)=O)cc3)c2=O)C1=O. The van der Waals surface area contributed by atoms with Crippen molar-refractivity contribution >= 4 is 31.4 Å². The topological polar surface area (TPSA) is 233 Å². The van der Waals surface area contributed by atoms with Crippen molar-refractivity contribution in [2.24, 2.45) is 10.3 Å². The Balaban J connectivity index is 1.53. The summed E-state index contributed by atoms with van der Waals surface area (Å²) < 4.78 is 48.3. The Hall–Kier alpha value is -4.51. The molecule has 1 aliphatic carbocycles. The van der Waals surface area contributed by atoms with E-state index in [-0.39, 0.29) is 49.3 Å². The van der Waals surface area contributed by atoms with Crippen molar-refractivity contribution in [3.05, 3.63) is 97.5 Å². The number of hydrogen-bond acceptors (Lipinski definition) is 8. The number of allylic oxidation sites excluding steroid dienone is 2. The quantitative estimate of drug-likeness (QED) is 0.209. The first-order valence-electron chi connectivity index (χ1n) is 11.5. The molecular weight excluding hydrogens is 564 g/mol. The van der Waals surface area contributed by atoms with Crippen LogP contribution in [0.5, 0.6) is 0 Å². The Morgan fingerprint density at radius 2 is 1.15 bits per heavy atom. The van der Waals surface area contributed by atoms with Crippen LogP contribution in [-0.2, 0) is 24.8 Å². The third-order valence-corrected chi connectivity index (χ3v) is 8.47. The Labute approximate surface area is 226 Å². The number of nitrogens with two attached hydrogens (primary N) is 2. The maximum absolute atomic E-state index is 13.3. The summed E-state index contributed by atoms with van der Waals surface area (Å²) in [7, 11) is -7.88. The van der Waals surface area contributed by atoms with Gasteiger partial charge in [0.1, 0.15) is 11.7 Å². The largest absolute Gasteiger partial charge is 0.510 e. The highest BCUT2D eigenvalue weighted by Crippen LogP contribution is 2.42. The van der Waals surface area contributed by atoms with E-state index < -0.39 is 48.6 Å². The summed E-state index contributed by atoms with van der Waals surface area (Å²) in [5, 5.41) is 26.8. The molecule has 0 spiro atoms. The van der Waals surface area contributed by atoms with Crippen molar-refractivity contribution in [3.63, 3.8) is 0 Å². The number of carbonyl (C=O) groups excluding carboxylic acids is 1. The molecule has 40 heavy (non-hydrogen) atoms. The smallest absolute Gasteiger partial charge is 0.279 e. The van der Waals surface area contributed by atoms with Crippen molar-refractivity contribution in [2.75, 3.05) is 0 Å². The van der Waals surface area contributed by atoms with Crippen molar-refractivity contribution in [1.82, 2.24) is 19.6 Å². The highest BCUT2D eigenvalue weighted by molar-refractivity contribution is 7.89. The fourth-order valence-electron chi connectivity index (χ4n) is 4.65. The Bertz CT molecular complexity index is 2080. The Morgan fingerprint density at radius 1 is 0.725 bits per heavy atom. The number of benzene rings is 2. The fourth-order valence-corrected chi connectivity index (χ4v) is 5.69. The molecule has 2 aromatic heterocycles. The molecule has 0 bridgehead atoms. The van der Waals surface area contributed by atoms with Crippen molar-refractivity contribution in [2.45, 2.75) is 29.6 Å². The maximum Gasteiger partial charge on any atom is 0.279 e. The minimum atomic E-state index is -3.94. The zero-order valence-corrected chi connectivity index (χ0v) is 22.5. The van der Waals surface area contributed by atoms with E-state index >= 15 is 0 Å². The van der Waals surface area contributed by atoms with Crippen LogP contribution in [0.1, 0.15) is 28.4 Å². The third-order valence-electron chi connectivity index (χ3n) is 6.61.